The normalized spacial score (nSPS) is 10.4. The molecule has 3 aromatic rings. The number of aromatic amines is 1. The highest BCUT2D eigenvalue weighted by atomic mass is 16.5. The predicted octanol–water partition coefficient (Wildman–Crippen LogP) is 3.25. The van der Waals surface area contributed by atoms with Crippen LogP contribution in [0.25, 0.3) is 11.3 Å². The molecule has 0 aliphatic heterocycles. The van der Waals surface area contributed by atoms with Crippen LogP contribution in [0.15, 0.2) is 54.6 Å². The lowest BCUT2D eigenvalue weighted by Gasteiger charge is -2.05. The molecule has 2 aromatic carbocycles. The Balaban J connectivity index is 1.72. The van der Waals surface area contributed by atoms with Gasteiger partial charge >= 0.3 is 0 Å². The molecule has 3 rings (SSSR count). The number of benzene rings is 2. The largest absolute Gasteiger partial charge is 0.496 e. The quantitative estimate of drug-likeness (QED) is 0.709. The van der Waals surface area contributed by atoms with E-state index >= 15 is 0 Å². The zero-order valence-corrected chi connectivity index (χ0v) is 12.2. The monoisotopic (exact) mass is 295 g/mol. The van der Waals surface area contributed by atoms with E-state index in [1.165, 1.54) is 0 Å². The summed E-state index contributed by atoms with van der Waals surface area (Å²) in [6, 6.07) is 17.0. The smallest absolute Gasteiger partial charge is 0.130 e. The van der Waals surface area contributed by atoms with E-state index in [0.29, 0.717) is 12.3 Å². The second-order valence-corrected chi connectivity index (χ2v) is 4.84. The average Bonchev–Trinajstić information content (AvgIpc) is 3.03. The highest BCUT2D eigenvalue weighted by Gasteiger charge is 2.09. The Hall–Kier alpha value is -2.95. The molecular formula is C17H17N3O2. The number of nitrogens with zero attached hydrogens (tertiary/aromatic N) is 1. The lowest BCUT2D eigenvalue weighted by atomic mass is 10.1. The molecule has 22 heavy (non-hydrogen) atoms. The first kappa shape index (κ1) is 14.0. The number of H-pyrrole nitrogens is 1. The molecule has 3 N–H and O–H groups in total. The van der Waals surface area contributed by atoms with Crippen molar-refractivity contribution in [1.82, 2.24) is 10.2 Å². The van der Waals surface area contributed by atoms with Crippen LogP contribution in [0.3, 0.4) is 0 Å². The molecular weight excluding hydrogens is 278 g/mol. The van der Waals surface area contributed by atoms with Crippen molar-refractivity contribution in [1.29, 1.82) is 0 Å². The van der Waals surface area contributed by atoms with Crippen molar-refractivity contribution >= 4 is 5.69 Å². The zero-order chi connectivity index (χ0) is 15.4. The van der Waals surface area contributed by atoms with Gasteiger partial charge in [0.05, 0.1) is 18.5 Å². The van der Waals surface area contributed by atoms with Crippen molar-refractivity contribution in [2.75, 3.05) is 12.8 Å². The number of aromatic nitrogens is 2. The summed E-state index contributed by atoms with van der Waals surface area (Å²) in [5.74, 6) is 1.56. The van der Waals surface area contributed by atoms with Crippen LogP contribution in [0, 0.1) is 0 Å². The van der Waals surface area contributed by atoms with Gasteiger partial charge in [0.25, 0.3) is 0 Å². The Morgan fingerprint density at radius 1 is 1.09 bits per heavy atom. The van der Waals surface area contributed by atoms with E-state index < -0.39 is 0 Å². The molecule has 0 fully saturated rings. The standard InChI is InChI=1S/C17H17N3O2/c1-21-17-5-3-2-4-15(17)16-10-13(19-20-16)11-22-14-8-6-12(18)7-9-14/h2-10H,11,18H2,1H3,(H,19,20). The van der Waals surface area contributed by atoms with E-state index in [0.717, 1.165) is 28.5 Å². The Kier molecular flexibility index (Phi) is 3.96. The number of hydrogen-bond donors (Lipinski definition) is 2. The maximum absolute atomic E-state index is 5.69. The second-order valence-electron chi connectivity index (χ2n) is 4.84. The van der Waals surface area contributed by atoms with Gasteiger partial charge in [-0.2, -0.15) is 5.10 Å². The second kappa shape index (κ2) is 6.22. The van der Waals surface area contributed by atoms with Gasteiger partial charge in [-0.15, -0.1) is 0 Å². The van der Waals surface area contributed by atoms with Crippen LogP contribution in [0.5, 0.6) is 11.5 Å². The number of nitrogen functional groups attached to an aromatic ring is 1. The molecule has 0 saturated heterocycles. The summed E-state index contributed by atoms with van der Waals surface area (Å²) in [5, 5.41) is 7.30. The summed E-state index contributed by atoms with van der Waals surface area (Å²) < 4.78 is 11.0. The number of anilines is 1. The van der Waals surface area contributed by atoms with Crippen molar-refractivity contribution in [3.8, 4) is 22.8 Å². The van der Waals surface area contributed by atoms with Gasteiger partial charge in [-0.05, 0) is 42.5 Å². The lowest BCUT2D eigenvalue weighted by molar-refractivity contribution is 0.301. The summed E-state index contributed by atoms with van der Waals surface area (Å²) in [6.45, 7) is 0.409. The van der Waals surface area contributed by atoms with Gasteiger partial charge < -0.3 is 15.2 Å². The van der Waals surface area contributed by atoms with E-state index in [9.17, 15) is 0 Å². The number of methoxy groups -OCH3 is 1. The Bertz CT molecular complexity index is 751. The Morgan fingerprint density at radius 3 is 2.64 bits per heavy atom. The van der Waals surface area contributed by atoms with Crippen molar-refractivity contribution in [3.63, 3.8) is 0 Å². The van der Waals surface area contributed by atoms with Crippen LogP contribution in [0.2, 0.25) is 0 Å². The first-order valence-electron chi connectivity index (χ1n) is 6.92. The van der Waals surface area contributed by atoms with Gasteiger partial charge in [-0.3, -0.25) is 5.10 Å². The molecule has 0 aliphatic rings. The number of nitrogens with one attached hydrogen (secondary N) is 1. The Morgan fingerprint density at radius 2 is 1.86 bits per heavy atom. The van der Waals surface area contributed by atoms with Gasteiger partial charge in [0, 0.05) is 11.3 Å². The summed E-state index contributed by atoms with van der Waals surface area (Å²) >= 11 is 0. The van der Waals surface area contributed by atoms with Crippen molar-refractivity contribution in [2.45, 2.75) is 6.61 Å². The molecule has 0 spiro atoms. The van der Waals surface area contributed by atoms with E-state index in [1.807, 2.05) is 54.6 Å². The van der Waals surface area contributed by atoms with Gasteiger partial charge in [0.1, 0.15) is 18.1 Å². The molecule has 0 saturated carbocycles. The molecule has 1 aromatic heterocycles. The molecule has 112 valence electrons. The van der Waals surface area contributed by atoms with Crippen LogP contribution in [-0.2, 0) is 6.61 Å². The van der Waals surface area contributed by atoms with Crippen molar-refractivity contribution in [3.05, 3.63) is 60.3 Å². The van der Waals surface area contributed by atoms with Crippen LogP contribution in [0.1, 0.15) is 5.69 Å². The van der Waals surface area contributed by atoms with E-state index in [-0.39, 0.29) is 0 Å². The number of nitrogens with two attached hydrogens (primary N) is 1. The van der Waals surface area contributed by atoms with Crippen LogP contribution >= 0.6 is 0 Å². The van der Waals surface area contributed by atoms with Crippen LogP contribution in [0.4, 0.5) is 5.69 Å². The first-order chi connectivity index (χ1) is 10.8. The van der Waals surface area contributed by atoms with Crippen LogP contribution in [-0.4, -0.2) is 17.3 Å². The number of para-hydroxylation sites is 1. The van der Waals surface area contributed by atoms with Gasteiger partial charge in [0.15, 0.2) is 0 Å². The molecule has 5 heteroatoms. The summed E-state index contributed by atoms with van der Waals surface area (Å²) in [6.07, 6.45) is 0. The van der Waals surface area contributed by atoms with Crippen LogP contribution < -0.4 is 15.2 Å². The maximum Gasteiger partial charge on any atom is 0.130 e. The van der Waals surface area contributed by atoms with Gasteiger partial charge in [0.2, 0.25) is 0 Å². The minimum absolute atomic E-state index is 0.409. The highest BCUT2D eigenvalue weighted by molar-refractivity contribution is 5.67. The maximum atomic E-state index is 5.69. The molecule has 0 unspecified atom stereocenters. The minimum Gasteiger partial charge on any atom is -0.496 e. The lowest BCUT2D eigenvalue weighted by Crippen LogP contribution is -1.95. The fraction of sp³-hybridized carbons (Fsp3) is 0.118. The highest BCUT2D eigenvalue weighted by Crippen LogP contribution is 2.28. The van der Waals surface area contributed by atoms with Gasteiger partial charge in [-0.25, -0.2) is 0 Å². The third-order valence-corrected chi connectivity index (χ3v) is 3.29. The SMILES string of the molecule is COc1ccccc1-c1cc(COc2ccc(N)cc2)[nH]n1. The zero-order valence-electron chi connectivity index (χ0n) is 12.2. The molecule has 0 aliphatic carbocycles. The molecule has 5 nitrogen and oxygen atoms in total. The molecule has 0 atom stereocenters. The molecule has 0 radical (unpaired) electrons. The number of rotatable bonds is 5. The molecule has 0 amide bonds. The molecule has 0 bridgehead atoms. The summed E-state index contributed by atoms with van der Waals surface area (Å²) in [7, 11) is 1.65. The van der Waals surface area contributed by atoms with Crippen molar-refractivity contribution < 1.29 is 9.47 Å². The van der Waals surface area contributed by atoms with E-state index in [4.69, 9.17) is 15.2 Å². The van der Waals surface area contributed by atoms with Gasteiger partial charge in [-0.1, -0.05) is 12.1 Å². The minimum atomic E-state index is 0.409. The first-order valence-corrected chi connectivity index (χ1v) is 6.92. The topological polar surface area (TPSA) is 73.2 Å². The average molecular weight is 295 g/mol. The third-order valence-electron chi connectivity index (χ3n) is 3.29. The summed E-state index contributed by atoms with van der Waals surface area (Å²) in [5.41, 5.74) is 9.02. The Labute approximate surface area is 128 Å². The van der Waals surface area contributed by atoms with E-state index in [1.54, 1.807) is 7.11 Å². The van der Waals surface area contributed by atoms with Crippen molar-refractivity contribution in [2.24, 2.45) is 0 Å². The third kappa shape index (κ3) is 3.03. The van der Waals surface area contributed by atoms with E-state index in [2.05, 4.69) is 10.2 Å². The fourth-order valence-electron chi connectivity index (χ4n) is 2.15. The number of hydrogen-bond acceptors (Lipinski definition) is 4. The molecule has 1 heterocycles. The predicted molar refractivity (Wildman–Crippen MR) is 85.8 cm³/mol. The summed E-state index contributed by atoms with van der Waals surface area (Å²) in [4.78, 5) is 0. The number of ether oxygens (including phenoxy) is 2. The fourth-order valence-corrected chi connectivity index (χ4v) is 2.15.